The van der Waals surface area contributed by atoms with Gasteiger partial charge in [0.1, 0.15) is 10.8 Å². The van der Waals surface area contributed by atoms with Gasteiger partial charge in [-0.1, -0.05) is 29.3 Å². The summed E-state index contributed by atoms with van der Waals surface area (Å²) < 4.78 is 15.1. The quantitative estimate of drug-likeness (QED) is 0.825. The number of hydrogen-bond acceptors (Lipinski definition) is 2. The fourth-order valence-corrected chi connectivity index (χ4v) is 1.68. The van der Waals surface area contributed by atoms with E-state index >= 15 is 0 Å². The van der Waals surface area contributed by atoms with Gasteiger partial charge < -0.3 is 9.42 Å². The summed E-state index contributed by atoms with van der Waals surface area (Å²) in [4.78, 5) is 8.68. The van der Waals surface area contributed by atoms with Crippen molar-refractivity contribution in [3.05, 3.63) is 28.2 Å². The summed E-state index contributed by atoms with van der Waals surface area (Å²) in [7, 11) is 0. The molecule has 1 N–H and O–H groups in total. The highest BCUT2D eigenvalue weighted by Gasteiger charge is 2.18. The average Bonchev–Trinajstić information content (AvgIpc) is 1.96. The van der Waals surface area contributed by atoms with Crippen LogP contribution in [0.15, 0.2) is 18.2 Å². The van der Waals surface area contributed by atoms with E-state index in [1.807, 2.05) is 0 Å². The fraction of sp³-hybridized carbons (Fsp3) is 0. The molecule has 0 aliphatic rings. The Bertz CT molecular complexity index is 362. The molecule has 1 aromatic rings. The third kappa shape index (κ3) is 3.37. The zero-order valence-electron chi connectivity index (χ0n) is 6.08. The molecule has 0 amide bonds. The van der Waals surface area contributed by atoms with Crippen LogP contribution >= 0.6 is 41.4 Å². The van der Waals surface area contributed by atoms with E-state index in [-0.39, 0.29) is 15.8 Å². The summed E-state index contributed by atoms with van der Waals surface area (Å²) in [5.74, 6) is -0.0185. The lowest BCUT2D eigenvalue weighted by molar-refractivity contribution is 0.401. The Kier molecular flexibility index (Phi) is 3.50. The predicted octanol–water partition coefficient (Wildman–Crippen LogP) is 3.71. The van der Waals surface area contributed by atoms with E-state index in [0.717, 1.165) is 0 Å². The van der Waals surface area contributed by atoms with Crippen molar-refractivity contribution >= 4 is 41.4 Å². The highest BCUT2D eigenvalue weighted by Crippen LogP contribution is 2.49. The molecule has 0 aliphatic carbocycles. The van der Waals surface area contributed by atoms with Crippen molar-refractivity contribution in [2.75, 3.05) is 0 Å². The highest BCUT2D eigenvalue weighted by atomic mass is 35.7. The average molecular weight is 261 g/mol. The van der Waals surface area contributed by atoms with Crippen LogP contribution < -0.4 is 4.52 Å². The molecule has 3 nitrogen and oxygen atoms in total. The van der Waals surface area contributed by atoms with Gasteiger partial charge in [0, 0.05) is 11.2 Å². The van der Waals surface area contributed by atoms with E-state index in [4.69, 9.17) is 39.3 Å². The van der Waals surface area contributed by atoms with Crippen LogP contribution in [0.2, 0.25) is 10.0 Å². The van der Waals surface area contributed by atoms with Crippen molar-refractivity contribution in [3.8, 4) is 5.75 Å². The van der Waals surface area contributed by atoms with Gasteiger partial charge in [0.15, 0.2) is 0 Å². The third-order valence-electron chi connectivity index (χ3n) is 1.13. The summed E-state index contributed by atoms with van der Waals surface area (Å²) in [6, 6.07) is 4.43. The molecule has 0 heterocycles. The van der Waals surface area contributed by atoms with Crippen LogP contribution in [0.25, 0.3) is 0 Å². The highest BCUT2D eigenvalue weighted by molar-refractivity contribution is 7.80. The van der Waals surface area contributed by atoms with Gasteiger partial charge in [0.05, 0.1) is 5.02 Å². The monoisotopic (exact) mass is 260 g/mol. The van der Waals surface area contributed by atoms with Crippen LogP contribution in [0.1, 0.15) is 0 Å². The molecule has 0 aliphatic heterocycles. The Morgan fingerprint density at radius 3 is 2.54 bits per heavy atom. The molecule has 0 aromatic heterocycles. The van der Waals surface area contributed by atoms with Gasteiger partial charge in [0.2, 0.25) is 0 Å². The molecule has 1 aromatic carbocycles. The van der Waals surface area contributed by atoms with E-state index in [2.05, 4.69) is 4.52 Å². The van der Waals surface area contributed by atoms with Crippen molar-refractivity contribution < 1.29 is 14.0 Å². The van der Waals surface area contributed by atoms with Crippen LogP contribution in [0, 0.1) is 0 Å². The second-order valence-electron chi connectivity index (χ2n) is 2.09. The van der Waals surface area contributed by atoms with Crippen molar-refractivity contribution in [1.29, 1.82) is 0 Å². The summed E-state index contributed by atoms with van der Waals surface area (Å²) >= 11 is 16.2. The molecule has 7 heteroatoms. The van der Waals surface area contributed by atoms with E-state index < -0.39 is 6.95 Å². The zero-order valence-corrected chi connectivity index (χ0v) is 9.24. The lowest BCUT2D eigenvalue weighted by atomic mass is 10.3. The topological polar surface area (TPSA) is 46.5 Å². The maximum atomic E-state index is 10.6. The van der Waals surface area contributed by atoms with Gasteiger partial charge in [-0.3, -0.25) is 0 Å². The fourth-order valence-electron chi connectivity index (χ4n) is 0.676. The second-order valence-corrected chi connectivity index (χ2v) is 5.25. The van der Waals surface area contributed by atoms with Gasteiger partial charge >= 0.3 is 6.95 Å². The number of benzene rings is 1. The van der Waals surface area contributed by atoms with Crippen LogP contribution in [0.5, 0.6) is 5.75 Å². The largest absolute Gasteiger partial charge is 0.474 e. The Labute approximate surface area is 89.5 Å². The summed E-state index contributed by atoms with van der Waals surface area (Å²) in [5.41, 5.74) is 0. The number of halogens is 3. The minimum absolute atomic E-state index is 0.0185. The third-order valence-corrected chi connectivity index (χ3v) is 2.56. The Hall–Kier alpha value is 0.0800. The normalized spacial score (nSPS) is 15.1. The van der Waals surface area contributed by atoms with E-state index in [0.29, 0.717) is 0 Å². The first-order valence-electron chi connectivity index (χ1n) is 3.06. The van der Waals surface area contributed by atoms with Crippen molar-refractivity contribution in [2.45, 2.75) is 0 Å². The molecule has 0 radical (unpaired) electrons. The minimum atomic E-state index is -4.11. The second kappa shape index (κ2) is 4.07. The smallest absolute Gasteiger partial charge is 0.412 e. The molecule has 1 rings (SSSR count). The van der Waals surface area contributed by atoms with Crippen molar-refractivity contribution in [2.24, 2.45) is 0 Å². The van der Waals surface area contributed by atoms with Crippen molar-refractivity contribution in [3.63, 3.8) is 0 Å². The zero-order chi connectivity index (χ0) is 10.1. The Balaban J connectivity index is 3.03. The summed E-state index contributed by atoms with van der Waals surface area (Å²) in [6.45, 7) is -4.11. The molecule has 0 saturated heterocycles. The lowest BCUT2D eigenvalue weighted by Crippen LogP contribution is -1.86. The Morgan fingerprint density at radius 1 is 1.38 bits per heavy atom. The molecule has 0 bridgehead atoms. The molecule has 0 spiro atoms. The van der Waals surface area contributed by atoms with Crippen LogP contribution in [0.4, 0.5) is 0 Å². The number of hydrogen-bond donors (Lipinski definition) is 1. The molecular weight excluding hydrogens is 257 g/mol. The van der Waals surface area contributed by atoms with E-state index in [9.17, 15) is 4.57 Å². The molecule has 13 heavy (non-hydrogen) atoms. The van der Waals surface area contributed by atoms with Gasteiger partial charge in [-0.05, 0) is 12.1 Å². The maximum Gasteiger partial charge on any atom is 0.474 e. The summed E-state index contributed by atoms with van der Waals surface area (Å²) in [5, 5.41) is 0.281. The SMILES string of the molecule is O=P(O)(Cl)Oc1cccc(Cl)c1Cl. The molecule has 1 unspecified atom stereocenters. The van der Waals surface area contributed by atoms with Gasteiger partial charge in [0.25, 0.3) is 0 Å². The first-order chi connectivity index (χ1) is 5.90. The molecule has 1 atom stereocenters. The van der Waals surface area contributed by atoms with Crippen LogP contribution in [-0.2, 0) is 4.57 Å². The van der Waals surface area contributed by atoms with Gasteiger partial charge in [-0.25, -0.2) is 4.57 Å². The molecular formula is C6H4Cl3O3P. The van der Waals surface area contributed by atoms with Crippen LogP contribution in [-0.4, -0.2) is 4.89 Å². The first-order valence-corrected chi connectivity index (χ1v) is 6.30. The molecule has 0 fully saturated rings. The minimum Gasteiger partial charge on any atom is -0.412 e. The lowest BCUT2D eigenvalue weighted by Gasteiger charge is -2.08. The van der Waals surface area contributed by atoms with Crippen molar-refractivity contribution in [1.82, 2.24) is 0 Å². The van der Waals surface area contributed by atoms with E-state index in [1.165, 1.54) is 18.2 Å². The van der Waals surface area contributed by atoms with Gasteiger partial charge in [-0.2, -0.15) is 0 Å². The predicted molar refractivity (Wildman–Crippen MR) is 52.8 cm³/mol. The molecule has 72 valence electrons. The maximum absolute atomic E-state index is 10.6. The summed E-state index contributed by atoms with van der Waals surface area (Å²) in [6.07, 6.45) is 0. The Morgan fingerprint density at radius 2 is 2.00 bits per heavy atom. The first kappa shape index (κ1) is 11.2. The van der Waals surface area contributed by atoms with E-state index in [1.54, 1.807) is 0 Å². The standard InChI is InChI=1S/C6H4Cl3O3P/c7-4-2-1-3-5(6(4)8)12-13(9,10)11/h1-3H,(H,10,11). The number of rotatable bonds is 2. The molecule has 0 saturated carbocycles. The van der Waals surface area contributed by atoms with Gasteiger partial charge in [-0.15, -0.1) is 0 Å². The van der Waals surface area contributed by atoms with Crippen LogP contribution in [0.3, 0.4) is 0 Å².